The minimum Gasteiger partial charge on any atom is -0.315 e. The van der Waals surface area contributed by atoms with Crippen molar-refractivity contribution >= 4 is 22.2 Å². The molecule has 2 aliphatic heterocycles. The molecule has 1 aliphatic carbocycles. The van der Waals surface area contributed by atoms with Gasteiger partial charge >= 0.3 is 0 Å². The molecule has 0 aromatic carbocycles. The molecule has 0 bridgehead atoms. The van der Waals surface area contributed by atoms with E-state index in [0.29, 0.717) is 24.1 Å². The van der Waals surface area contributed by atoms with Gasteiger partial charge in [0.05, 0.1) is 12.1 Å². The molecule has 1 aromatic rings. The molecule has 5 nitrogen and oxygen atoms in total. The molecule has 0 saturated carbocycles. The molecule has 0 spiro atoms. The van der Waals surface area contributed by atoms with E-state index in [0.717, 1.165) is 43.9 Å². The van der Waals surface area contributed by atoms with Crippen LogP contribution < -0.4 is 5.32 Å². The van der Waals surface area contributed by atoms with Gasteiger partial charge in [0.2, 0.25) is 5.91 Å². The van der Waals surface area contributed by atoms with E-state index in [9.17, 15) is 10.1 Å². The van der Waals surface area contributed by atoms with E-state index in [-0.39, 0.29) is 11.3 Å². The van der Waals surface area contributed by atoms with E-state index < -0.39 is 0 Å². The summed E-state index contributed by atoms with van der Waals surface area (Å²) in [7, 11) is 0. The summed E-state index contributed by atoms with van der Waals surface area (Å²) in [6.45, 7) is 11.6. The van der Waals surface area contributed by atoms with Crippen LogP contribution in [0.5, 0.6) is 0 Å². The van der Waals surface area contributed by atoms with Crippen molar-refractivity contribution in [3.63, 3.8) is 0 Å². The van der Waals surface area contributed by atoms with Crippen molar-refractivity contribution in [1.29, 1.82) is 5.26 Å². The van der Waals surface area contributed by atoms with Gasteiger partial charge in [-0.1, -0.05) is 20.8 Å². The lowest BCUT2D eigenvalue weighted by molar-refractivity contribution is -0.117. The summed E-state index contributed by atoms with van der Waals surface area (Å²) >= 11 is 1.63. The largest absolute Gasteiger partial charge is 0.315 e. The first-order chi connectivity index (χ1) is 13.3. The van der Waals surface area contributed by atoms with Gasteiger partial charge in [0, 0.05) is 30.6 Å². The van der Waals surface area contributed by atoms with E-state index in [2.05, 4.69) is 42.0 Å². The van der Waals surface area contributed by atoms with Crippen LogP contribution in [0.15, 0.2) is 0 Å². The minimum atomic E-state index is 0.0221. The molecule has 2 atom stereocenters. The first kappa shape index (κ1) is 19.9. The Kier molecular flexibility index (Phi) is 5.52. The van der Waals surface area contributed by atoms with Gasteiger partial charge in [-0.15, -0.1) is 11.3 Å². The maximum Gasteiger partial charge on any atom is 0.239 e. The smallest absolute Gasteiger partial charge is 0.239 e. The third-order valence-corrected chi connectivity index (χ3v) is 8.06. The third kappa shape index (κ3) is 3.98. The fraction of sp³-hybridized carbons (Fsp3) is 0.727. The van der Waals surface area contributed by atoms with Gasteiger partial charge in [0.15, 0.2) is 0 Å². The second-order valence-corrected chi connectivity index (χ2v) is 10.8. The molecule has 1 amide bonds. The van der Waals surface area contributed by atoms with Crippen LogP contribution in [0.4, 0.5) is 5.00 Å². The molecule has 1 N–H and O–H groups in total. The number of piperazine rings is 1. The maximum absolute atomic E-state index is 12.7. The highest BCUT2D eigenvalue weighted by Crippen LogP contribution is 2.44. The zero-order valence-electron chi connectivity index (χ0n) is 17.4. The van der Waals surface area contributed by atoms with Crippen LogP contribution in [0.25, 0.3) is 0 Å². The van der Waals surface area contributed by atoms with Crippen molar-refractivity contribution < 1.29 is 4.79 Å². The Labute approximate surface area is 172 Å². The fourth-order valence-corrected chi connectivity index (χ4v) is 6.39. The number of nitriles is 1. The molecule has 1 aromatic heterocycles. The average molecular weight is 401 g/mol. The van der Waals surface area contributed by atoms with Crippen LogP contribution in [0, 0.1) is 22.7 Å². The number of amides is 1. The number of hydrogen-bond acceptors (Lipinski definition) is 5. The maximum atomic E-state index is 12.7. The highest BCUT2D eigenvalue weighted by Gasteiger charge is 2.33. The van der Waals surface area contributed by atoms with Gasteiger partial charge in [-0.05, 0) is 55.5 Å². The van der Waals surface area contributed by atoms with Crippen molar-refractivity contribution in [2.75, 3.05) is 38.0 Å². The Balaban J connectivity index is 1.41. The molecular formula is C22H32N4OS. The summed E-state index contributed by atoms with van der Waals surface area (Å²) in [6.07, 6.45) is 5.64. The molecule has 2 fully saturated rings. The van der Waals surface area contributed by atoms with Crippen LogP contribution in [0.1, 0.15) is 56.0 Å². The molecule has 3 aliphatic rings. The van der Waals surface area contributed by atoms with E-state index in [1.165, 1.54) is 29.8 Å². The number of rotatable bonds is 3. The average Bonchev–Trinajstić information content (AvgIpc) is 3.23. The molecular weight excluding hydrogens is 368 g/mol. The highest BCUT2D eigenvalue weighted by molar-refractivity contribution is 7.16. The minimum absolute atomic E-state index is 0.0221. The predicted octanol–water partition coefficient (Wildman–Crippen LogP) is 3.49. The topological polar surface area (TPSA) is 59.4 Å². The van der Waals surface area contributed by atoms with Crippen LogP contribution in [-0.2, 0) is 17.6 Å². The SMILES string of the molecule is CC(C)(C)C1CCc2c(sc(NC(=O)CN3CCN4CCCC4C3)c2C#N)C1. The van der Waals surface area contributed by atoms with Crippen molar-refractivity contribution in [3.05, 3.63) is 16.0 Å². The number of nitrogens with zero attached hydrogens (tertiary/aromatic N) is 3. The Morgan fingerprint density at radius 3 is 2.86 bits per heavy atom. The summed E-state index contributed by atoms with van der Waals surface area (Å²) in [6, 6.07) is 3.00. The first-order valence-corrected chi connectivity index (χ1v) is 11.5. The number of fused-ring (bicyclic) bond motifs is 2. The van der Waals surface area contributed by atoms with Crippen molar-refractivity contribution in [2.45, 2.75) is 58.9 Å². The van der Waals surface area contributed by atoms with Crippen molar-refractivity contribution in [2.24, 2.45) is 11.3 Å². The van der Waals surface area contributed by atoms with Gasteiger partial charge in [-0.2, -0.15) is 5.26 Å². The zero-order chi connectivity index (χ0) is 19.9. The van der Waals surface area contributed by atoms with E-state index >= 15 is 0 Å². The zero-order valence-corrected chi connectivity index (χ0v) is 18.2. The number of carbonyl (C=O) groups excluding carboxylic acids is 1. The Hall–Kier alpha value is -1.42. The quantitative estimate of drug-likeness (QED) is 0.844. The van der Waals surface area contributed by atoms with Gasteiger partial charge < -0.3 is 5.32 Å². The van der Waals surface area contributed by atoms with Gasteiger partial charge in [0.25, 0.3) is 0 Å². The lowest BCUT2D eigenvalue weighted by Crippen LogP contribution is -2.51. The fourth-order valence-electron chi connectivity index (χ4n) is 5.10. The normalized spacial score (nSPS) is 25.8. The van der Waals surface area contributed by atoms with E-state index in [1.807, 2.05) is 0 Å². The number of anilines is 1. The lowest BCUT2D eigenvalue weighted by Gasteiger charge is -2.37. The summed E-state index contributed by atoms with van der Waals surface area (Å²) in [5, 5.41) is 13.6. The molecule has 3 heterocycles. The van der Waals surface area contributed by atoms with Gasteiger partial charge in [0.1, 0.15) is 11.1 Å². The molecule has 152 valence electrons. The van der Waals surface area contributed by atoms with E-state index in [1.54, 1.807) is 11.3 Å². The summed E-state index contributed by atoms with van der Waals surface area (Å²) in [5.41, 5.74) is 2.17. The van der Waals surface area contributed by atoms with Crippen LogP contribution in [0.3, 0.4) is 0 Å². The third-order valence-electron chi connectivity index (χ3n) is 6.89. The lowest BCUT2D eigenvalue weighted by atomic mass is 9.72. The molecule has 2 saturated heterocycles. The summed E-state index contributed by atoms with van der Waals surface area (Å²) in [4.78, 5) is 18.8. The number of thiophene rings is 1. The standard InChI is InChI=1S/C22H32N4OS/c1-22(2,3)15-6-7-17-18(12-23)21(28-19(17)11-15)24-20(27)14-25-9-10-26-8-4-5-16(26)13-25/h15-16H,4-11,13-14H2,1-3H3,(H,24,27). The Morgan fingerprint density at radius 2 is 2.11 bits per heavy atom. The highest BCUT2D eigenvalue weighted by atomic mass is 32.1. The molecule has 28 heavy (non-hydrogen) atoms. The second kappa shape index (κ2) is 7.78. The van der Waals surface area contributed by atoms with Gasteiger partial charge in [-0.3, -0.25) is 14.6 Å². The summed E-state index contributed by atoms with van der Waals surface area (Å²) in [5.74, 6) is 0.658. The Bertz CT molecular complexity index is 788. The molecule has 4 rings (SSSR count). The van der Waals surface area contributed by atoms with Crippen LogP contribution in [-0.4, -0.2) is 54.5 Å². The Morgan fingerprint density at radius 1 is 1.29 bits per heavy atom. The van der Waals surface area contributed by atoms with Crippen LogP contribution >= 0.6 is 11.3 Å². The predicted molar refractivity (Wildman–Crippen MR) is 114 cm³/mol. The number of carbonyl (C=O) groups is 1. The van der Waals surface area contributed by atoms with E-state index in [4.69, 9.17) is 0 Å². The molecule has 0 radical (unpaired) electrons. The first-order valence-electron chi connectivity index (χ1n) is 10.7. The monoisotopic (exact) mass is 400 g/mol. The molecule has 2 unspecified atom stereocenters. The van der Waals surface area contributed by atoms with Crippen LogP contribution in [0.2, 0.25) is 0 Å². The van der Waals surface area contributed by atoms with Crippen molar-refractivity contribution in [1.82, 2.24) is 9.80 Å². The number of hydrogen-bond donors (Lipinski definition) is 1. The van der Waals surface area contributed by atoms with Gasteiger partial charge in [-0.25, -0.2) is 0 Å². The second-order valence-electron chi connectivity index (χ2n) is 9.74. The number of nitrogens with one attached hydrogen (secondary N) is 1. The molecule has 6 heteroatoms. The van der Waals surface area contributed by atoms with Crippen molar-refractivity contribution in [3.8, 4) is 6.07 Å². The summed E-state index contributed by atoms with van der Waals surface area (Å²) < 4.78 is 0.